The molecule has 1 aliphatic heterocycles. The van der Waals surface area contributed by atoms with Crippen LogP contribution in [0.25, 0.3) is 0 Å². The Labute approximate surface area is 95.2 Å². The highest BCUT2D eigenvalue weighted by Crippen LogP contribution is 2.13. The normalized spacial score (nSPS) is 24.6. The molecule has 1 fully saturated rings. The molecule has 2 heterocycles. The van der Waals surface area contributed by atoms with Crippen LogP contribution in [0, 0.1) is 6.92 Å². The molecule has 0 spiro atoms. The van der Waals surface area contributed by atoms with Gasteiger partial charge >= 0.3 is 0 Å². The van der Waals surface area contributed by atoms with E-state index >= 15 is 0 Å². The summed E-state index contributed by atoms with van der Waals surface area (Å²) in [4.78, 5) is 8.46. The van der Waals surface area contributed by atoms with Crippen LogP contribution in [-0.4, -0.2) is 41.9 Å². The maximum Gasteiger partial charge on any atom is 0.223 e. The highest BCUT2D eigenvalue weighted by Gasteiger charge is 2.29. The molecule has 1 saturated heterocycles. The zero-order chi connectivity index (χ0) is 11.4. The minimum Gasteiger partial charge on any atom is -0.376 e. The summed E-state index contributed by atoms with van der Waals surface area (Å²) in [6, 6.07) is 2.01. The molecular weight excluding hydrogens is 206 g/mol. The van der Waals surface area contributed by atoms with Gasteiger partial charge in [0.2, 0.25) is 5.95 Å². The molecule has 5 nitrogen and oxygen atoms in total. The van der Waals surface area contributed by atoms with E-state index in [0.29, 0.717) is 25.8 Å². The average molecular weight is 223 g/mol. The molecule has 1 aromatic heterocycles. The van der Waals surface area contributed by atoms with Gasteiger partial charge in [0.1, 0.15) is 6.10 Å². The highest BCUT2D eigenvalue weighted by molar-refractivity contribution is 5.27. The summed E-state index contributed by atoms with van der Waals surface area (Å²) in [7, 11) is 0. The number of ether oxygens (including phenoxy) is 2. The fourth-order valence-corrected chi connectivity index (χ4v) is 1.73. The van der Waals surface area contributed by atoms with Crippen LogP contribution < -0.4 is 5.32 Å². The van der Waals surface area contributed by atoms with Crippen molar-refractivity contribution in [2.45, 2.75) is 26.0 Å². The van der Waals surface area contributed by atoms with E-state index in [1.165, 1.54) is 0 Å². The monoisotopic (exact) mass is 223 g/mol. The SMILES string of the molecule is CCO[C@H]1COC[C@@H]1Nc1nccc(C)n1. The summed E-state index contributed by atoms with van der Waals surface area (Å²) in [5.74, 6) is 0.639. The van der Waals surface area contributed by atoms with Crippen molar-refractivity contribution in [2.24, 2.45) is 0 Å². The minimum atomic E-state index is 0.0918. The topological polar surface area (TPSA) is 56.3 Å². The third-order valence-corrected chi connectivity index (χ3v) is 2.52. The standard InChI is InChI=1S/C11H17N3O2/c1-3-16-10-7-15-6-9(10)14-11-12-5-4-8(2)13-11/h4-5,9-10H,3,6-7H2,1-2H3,(H,12,13,14)/t9-,10-/m0/s1. The molecule has 1 aromatic rings. The maximum absolute atomic E-state index is 5.57. The van der Waals surface area contributed by atoms with Crippen molar-refractivity contribution in [3.05, 3.63) is 18.0 Å². The van der Waals surface area contributed by atoms with Gasteiger partial charge in [-0.2, -0.15) is 0 Å². The lowest BCUT2D eigenvalue weighted by Gasteiger charge is -2.18. The molecule has 0 aromatic carbocycles. The molecule has 0 aliphatic carbocycles. The van der Waals surface area contributed by atoms with Gasteiger partial charge < -0.3 is 14.8 Å². The lowest BCUT2D eigenvalue weighted by molar-refractivity contribution is 0.0477. The minimum absolute atomic E-state index is 0.0918. The van der Waals surface area contributed by atoms with Crippen molar-refractivity contribution >= 4 is 5.95 Å². The Morgan fingerprint density at radius 1 is 1.56 bits per heavy atom. The quantitative estimate of drug-likeness (QED) is 0.825. The van der Waals surface area contributed by atoms with E-state index in [1.54, 1.807) is 6.20 Å². The molecule has 88 valence electrons. The second kappa shape index (κ2) is 5.23. The van der Waals surface area contributed by atoms with Crippen LogP contribution >= 0.6 is 0 Å². The third kappa shape index (κ3) is 2.68. The summed E-state index contributed by atoms with van der Waals surface area (Å²) < 4.78 is 11.0. The molecule has 0 unspecified atom stereocenters. The second-order valence-corrected chi connectivity index (χ2v) is 3.80. The third-order valence-electron chi connectivity index (χ3n) is 2.52. The van der Waals surface area contributed by atoms with Crippen LogP contribution in [-0.2, 0) is 9.47 Å². The Hall–Kier alpha value is -1.20. The summed E-state index contributed by atoms with van der Waals surface area (Å²) in [5, 5.41) is 3.24. The Morgan fingerprint density at radius 3 is 3.19 bits per heavy atom. The molecule has 0 amide bonds. The van der Waals surface area contributed by atoms with Crippen molar-refractivity contribution in [3.63, 3.8) is 0 Å². The van der Waals surface area contributed by atoms with Crippen LogP contribution in [0.3, 0.4) is 0 Å². The van der Waals surface area contributed by atoms with Crippen LogP contribution in [0.2, 0.25) is 0 Å². The van der Waals surface area contributed by atoms with E-state index in [-0.39, 0.29) is 12.1 Å². The van der Waals surface area contributed by atoms with Gasteiger partial charge in [-0.05, 0) is 19.9 Å². The number of hydrogen-bond donors (Lipinski definition) is 1. The number of rotatable bonds is 4. The van der Waals surface area contributed by atoms with Crippen LogP contribution in [0.5, 0.6) is 0 Å². The lowest BCUT2D eigenvalue weighted by atomic mass is 10.2. The van der Waals surface area contributed by atoms with Crippen molar-refractivity contribution in [3.8, 4) is 0 Å². The first kappa shape index (κ1) is 11.3. The van der Waals surface area contributed by atoms with Crippen LogP contribution in [0.15, 0.2) is 12.3 Å². The summed E-state index contributed by atoms with van der Waals surface area (Å²) >= 11 is 0. The number of aromatic nitrogens is 2. The smallest absolute Gasteiger partial charge is 0.223 e. The Morgan fingerprint density at radius 2 is 2.44 bits per heavy atom. The van der Waals surface area contributed by atoms with E-state index in [4.69, 9.17) is 9.47 Å². The summed E-state index contributed by atoms with van der Waals surface area (Å²) in [5.41, 5.74) is 0.948. The van der Waals surface area contributed by atoms with E-state index < -0.39 is 0 Å². The highest BCUT2D eigenvalue weighted by atomic mass is 16.5. The Kier molecular flexibility index (Phi) is 3.69. The summed E-state index contributed by atoms with van der Waals surface area (Å²) in [6.07, 6.45) is 1.84. The number of nitrogens with one attached hydrogen (secondary N) is 1. The van der Waals surface area contributed by atoms with E-state index in [2.05, 4.69) is 15.3 Å². The maximum atomic E-state index is 5.57. The molecule has 1 N–H and O–H groups in total. The second-order valence-electron chi connectivity index (χ2n) is 3.80. The van der Waals surface area contributed by atoms with Gasteiger partial charge in [-0.3, -0.25) is 0 Å². The molecule has 0 radical (unpaired) electrons. The molecule has 0 bridgehead atoms. The fourth-order valence-electron chi connectivity index (χ4n) is 1.73. The molecule has 2 atom stereocenters. The van der Waals surface area contributed by atoms with Crippen molar-refractivity contribution in [1.29, 1.82) is 0 Å². The largest absolute Gasteiger partial charge is 0.376 e. The van der Waals surface area contributed by atoms with Crippen LogP contribution in [0.4, 0.5) is 5.95 Å². The van der Waals surface area contributed by atoms with Gasteiger partial charge in [0.15, 0.2) is 0 Å². The van der Waals surface area contributed by atoms with Crippen molar-refractivity contribution < 1.29 is 9.47 Å². The zero-order valence-corrected chi connectivity index (χ0v) is 9.64. The van der Waals surface area contributed by atoms with Gasteiger partial charge in [-0.25, -0.2) is 9.97 Å². The number of hydrogen-bond acceptors (Lipinski definition) is 5. The predicted octanol–water partition coefficient (Wildman–Crippen LogP) is 1.00. The first-order valence-corrected chi connectivity index (χ1v) is 5.55. The molecule has 5 heteroatoms. The molecule has 2 rings (SSSR count). The zero-order valence-electron chi connectivity index (χ0n) is 9.64. The van der Waals surface area contributed by atoms with Crippen molar-refractivity contribution in [1.82, 2.24) is 9.97 Å². The first-order valence-electron chi connectivity index (χ1n) is 5.55. The fraction of sp³-hybridized carbons (Fsp3) is 0.636. The van der Waals surface area contributed by atoms with E-state index in [0.717, 1.165) is 5.69 Å². The molecular formula is C11H17N3O2. The molecule has 0 saturated carbocycles. The molecule has 1 aliphatic rings. The Balaban J connectivity index is 1.98. The molecule has 16 heavy (non-hydrogen) atoms. The van der Waals surface area contributed by atoms with Gasteiger partial charge in [0, 0.05) is 18.5 Å². The van der Waals surface area contributed by atoms with Gasteiger partial charge in [0.25, 0.3) is 0 Å². The lowest BCUT2D eigenvalue weighted by Crippen LogP contribution is -2.35. The summed E-state index contributed by atoms with van der Waals surface area (Å²) in [6.45, 7) is 5.90. The van der Waals surface area contributed by atoms with Crippen LogP contribution in [0.1, 0.15) is 12.6 Å². The average Bonchev–Trinajstić information content (AvgIpc) is 2.66. The van der Waals surface area contributed by atoms with Crippen molar-refractivity contribution in [2.75, 3.05) is 25.1 Å². The van der Waals surface area contributed by atoms with E-state index in [1.807, 2.05) is 19.9 Å². The Bertz CT molecular complexity index is 346. The van der Waals surface area contributed by atoms with Gasteiger partial charge in [-0.15, -0.1) is 0 Å². The van der Waals surface area contributed by atoms with E-state index in [9.17, 15) is 0 Å². The van der Waals surface area contributed by atoms with Gasteiger partial charge in [-0.1, -0.05) is 0 Å². The van der Waals surface area contributed by atoms with Gasteiger partial charge in [0.05, 0.1) is 19.3 Å². The number of nitrogens with zero attached hydrogens (tertiary/aromatic N) is 2. The number of anilines is 1. The predicted molar refractivity (Wildman–Crippen MR) is 60.4 cm³/mol. The first-order chi connectivity index (χ1) is 7.79. The number of aryl methyl sites for hydroxylation is 1.